The Hall–Kier alpha value is -2.49. The Bertz CT molecular complexity index is 595. The van der Waals surface area contributed by atoms with Crippen LogP contribution in [0.1, 0.15) is 6.92 Å². The van der Waals surface area contributed by atoms with Crippen molar-refractivity contribution < 1.29 is 14.6 Å². The molecule has 0 spiro atoms. The highest BCUT2D eigenvalue weighted by Gasteiger charge is 2.13. The fraction of sp³-hybridized carbons (Fsp3) is 0.133. The molecule has 2 aromatic rings. The Morgan fingerprint density at radius 1 is 1.21 bits per heavy atom. The number of rotatable bonds is 4. The number of ether oxygens (including phenoxy) is 1. The van der Waals surface area contributed by atoms with E-state index in [0.29, 0.717) is 5.75 Å². The summed E-state index contributed by atoms with van der Waals surface area (Å²) < 4.78 is 5.55. The highest BCUT2D eigenvalue weighted by atomic mass is 16.5. The second-order valence-electron chi connectivity index (χ2n) is 4.21. The zero-order valence-electron chi connectivity index (χ0n) is 10.5. The second-order valence-corrected chi connectivity index (χ2v) is 4.21. The number of aromatic hydroxyl groups is 1. The smallest absolute Gasteiger partial charge is 0.258 e. The molecule has 0 aromatic heterocycles. The van der Waals surface area contributed by atoms with Crippen molar-refractivity contribution in [2.45, 2.75) is 13.0 Å². The van der Waals surface area contributed by atoms with Crippen LogP contribution < -0.4 is 10.5 Å². The fourth-order valence-corrected chi connectivity index (χ4v) is 1.73. The van der Waals surface area contributed by atoms with E-state index in [9.17, 15) is 9.90 Å². The SMILES string of the molecule is CC(Oc1ccccc1-c1cccc(O)c1)C(N)=O. The Morgan fingerprint density at radius 2 is 1.95 bits per heavy atom. The highest BCUT2D eigenvalue weighted by Crippen LogP contribution is 2.32. The van der Waals surface area contributed by atoms with Gasteiger partial charge in [-0.05, 0) is 30.7 Å². The van der Waals surface area contributed by atoms with E-state index < -0.39 is 12.0 Å². The molecular weight excluding hydrogens is 242 g/mol. The molecular formula is C15H15NO3. The minimum atomic E-state index is -0.710. The number of phenolic OH excluding ortho intramolecular Hbond substituents is 1. The number of para-hydroxylation sites is 1. The number of phenols is 1. The van der Waals surface area contributed by atoms with E-state index in [-0.39, 0.29) is 5.75 Å². The van der Waals surface area contributed by atoms with Crippen LogP contribution in [-0.2, 0) is 4.79 Å². The molecule has 0 heterocycles. The van der Waals surface area contributed by atoms with Gasteiger partial charge in [0.1, 0.15) is 11.5 Å². The van der Waals surface area contributed by atoms with Crippen LogP contribution in [0.15, 0.2) is 48.5 Å². The van der Waals surface area contributed by atoms with E-state index >= 15 is 0 Å². The van der Waals surface area contributed by atoms with E-state index in [1.807, 2.05) is 24.3 Å². The van der Waals surface area contributed by atoms with Crippen LogP contribution in [0, 0.1) is 0 Å². The number of nitrogens with two attached hydrogens (primary N) is 1. The Balaban J connectivity index is 2.39. The van der Waals surface area contributed by atoms with Crippen molar-refractivity contribution in [3.8, 4) is 22.6 Å². The van der Waals surface area contributed by atoms with Gasteiger partial charge in [-0.3, -0.25) is 4.79 Å². The van der Waals surface area contributed by atoms with Gasteiger partial charge in [0.25, 0.3) is 5.91 Å². The van der Waals surface area contributed by atoms with E-state index in [1.165, 1.54) is 0 Å². The van der Waals surface area contributed by atoms with Gasteiger partial charge in [-0.1, -0.05) is 30.3 Å². The highest BCUT2D eigenvalue weighted by molar-refractivity contribution is 5.79. The molecule has 4 heteroatoms. The lowest BCUT2D eigenvalue weighted by atomic mass is 10.0. The van der Waals surface area contributed by atoms with Gasteiger partial charge in [0.05, 0.1) is 0 Å². The molecule has 0 bridgehead atoms. The second kappa shape index (κ2) is 5.44. The molecule has 1 atom stereocenters. The van der Waals surface area contributed by atoms with Crippen molar-refractivity contribution in [3.05, 3.63) is 48.5 Å². The van der Waals surface area contributed by atoms with Gasteiger partial charge < -0.3 is 15.6 Å². The fourth-order valence-electron chi connectivity index (χ4n) is 1.73. The lowest BCUT2D eigenvalue weighted by Crippen LogP contribution is -2.30. The predicted octanol–water partition coefficient (Wildman–Crippen LogP) is 2.31. The Kier molecular flexibility index (Phi) is 3.71. The normalized spacial score (nSPS) is 11.8. The molecule has 0 radical (unpaired) electrons. The molecule has 0 aliphatic carbocycles. The summed E-state index contributed by atoms with van der Waals surface area (Å²) in [5, 5.41) is 9.52. The Morgan fingerprint density at radius 3 is 2.63 bits per heavy atom. The number of benzene rings is 2. The third-order valence-electron chi connectivity index (χ3n) is 2.75. The predicted molar refractivity (Wildman–Crippen MR) is 72.8 cm³/mol. The molecule has 3 N–H and O–H groups in total. The number of carbonyl (C=O) groups excluding carboxylic acids is 1. The molecule has 4 nitrogen and oxygen atoms in total. The number of hydrogen-bond donors (Lipinski definition) is 2. The van der Waals surface area contributed by atoms with Crippen LogP contribution in [0.2, 0.25) is 0 Å². The zero-order chi connectivity index (χ0) is 13.8. The lowest BCUT2D eigenvalue weighted by molar-refractivity contribution is -0.123. The minimum absolute atomic E-state index is 0.176. The summed E-state index contributed by atoms with van der Waals surface area (Å²) >= 11 is 0. The monoisotopic (exact) mass is 257 g/mol. The van der Waals surface area contributed by atoms with Gasteiger partial charge in [-0.2, -0.15) is 0 Å². The van der Waals surface area contributed by atoms with Crippen LogP contribution in [0.3, 0.4) is 0 Å². The number of carbonyl (C=O) groups is 1. The topological polar surface area (TPSA) is 72.6 Å². The largest absolute Gasteiger partial charge is 0.508 e. The molecule has 2 aromatic carbocycles. The van der Waals surface area contributed by atoms with Crippen molar-refractivity contribution in [2.24, 2.45) is 5.73 Å². The van der Waals surface area contributed by atoms with Crippen LogP contribution in [0.5, 0.6) is 11.5 Å². The van der Waals surface area contributed by atoms with Crippen LogP contribution in [0.4, 0.5) is 0 Å². The van der Waals surface area contributed by atoms with E-state index in [1.54, 1.807) is 31.2 Å². The van der Waals surface area contributed by atoms with E-state index in [4.69, 9.17) is 10.5 Å². The lowest BCUT2D eigenvalue weighted by Gasteiger charge is -2.15. The maximum atomic E-state index is 11.1. The summed E-state index contributed by atoms with van der Waals surface area (Å²) in [6.45, 7) is 1.60. The average Bonchev–Trinajstić information content (AvgIpc) is 2.39. The number of amides is 1. The summed E-state index contributed by atoms with van der Waals surface area (Å²) in [7, 11) is 0. The molecule has 0 saturated heterocycles. The molecule has 0 aliphatic rings. The van der Waals surface area contributed by atoms with Crippen LogP contribution >= 0.6 is 0 Å². The molecule has 1 unspecified atom stereocenters. The first-order valence-electron chi connectivity index (χ1n) is 5.92. The van der Waals surface area contributed by atoms with Crippen molar-refractivity contribution in [3.63, 3.8) is 0 Å². The summed E-state index contributed by atoms with van der Waals surface area (Å²) in [6, 6.07) is 14.1. The number of primary amides is 1. The standard InChI is InChI=1S/C15H15NO3/c1-10(15(16)18)19-14-8-3-2-7-13(14)11-5-4-6-12(17)9-11/h2-10,17H,1H3,(H2,16,18). The molecule has 0 aliphatic heterocycles. The molecule has 1 amide bonds. The van der Waals surface area contributed by atoms with E-state index in [2.05, 4.69) is 0 Å². The van der Waals surface area contributed by atoms with Crippen LogP contribution in [0.25, 0.3) is 11.1 Å². The van der Waals surface area contributed by atoms with Crippen LogP contribution in [-0.4, -0.2) is 17.1 Å². The third kappa shape index (κ3) is 3.04. The van der Waals surface area contributed by atoms with Gasteiger partial charge in [0.15, 0.2) is 6.10 Å². The van der Waals surface area contributed by atoms with Crippen molar-refractivity contribution >= 4 is 5.91 Å². The Labute approximate surface area is 111 Å². The molecule has 19 heavy (non-hydrogen) atoms. The van der Waals surface area contributed by atoms with Gasteiger partial charge in [0, 0.05) is 5.56 Å². The first-order chi connectivity index (χ1) is 9.08. The van der Waals surface area contributed by atoms with Crippen molar-refractivity contribution in [1.82, 2.24) is 0 Å². The van der Waals surface area contributed by atoms with Gasteiger partial charge in [-0.25, -0.2) is 0 Å². The quantitative estimate of drug-likeness (QED) is 0.882. The van der Waals surface area contributed by atoms with Crippen molar-refractivity contribution in [2.75, 3.05) is 0 Å². The first-order valence-corrected chi connectivity index (χ1v) is 5.92. The third-order valence-corrected chi connectivity index (χ3v) is 2.75. The molecule has 0 fully saturated rings. The van der Waals surface area contributed by atoms with Crippen molar-refractivity contribution in [1.29, 1.82) is 0 Å². The summed E-state index contributed by atoms with van der Waals surface area (Å²) in [5.74, 6) is 0.209. The number of hydrogen-bond acceptors (Lipinski definition) is 3. The summed E-state index contributed by atoms with van der Waals surface area (Å²) in [6.07, 6.45) is -0.710. The molecule has 2 rings (SSSR count). The average molecular weight is 257 g/mol. The van der Waals surface area contributed by atoms with Gasteiger partial charge in [-0.15, -0.1) is 0 Å². The maximum absolute atomic E-state index is 11.1. The summed E-state index contributed by atoms with van der Waals surface area (Å²) in [4.78, 5) is 11.1. The maximum Gasteiger partial charge on any atom is 0.258 e. The minimum Gasteiger partial charge on any atom is -0.508 e. The first kappa shape index (κ1) is 13.0. The molecule has 98 valence electrons. The summed E-state index contributed by atoms with van der Waals surface area (Å²) in [5.41, 5.74) is 6.80. The zero-order valence-corrected chi connectivity index (χ0v) is 10.5. The van der Waals surface area contributed by atoms with Gasteiger partial charge >= 0.3 is 0 Å². The van der Waals surface area contributed by atoms with E-state index in [0.717, 1.165) is 11.1 Å². The van der Waals surface area contributed by atoms with Gasteiger partial charge in [0.2, 0.25) is 0 Å². The molecule has 0 saturated carbocycles.